The minimum Gasteiger partial charge on any atom is -0.412 e. The molecule has 1 aromatic rings. The summed E-state index contributed by atoms with van der Waals surface area (Å²) in [5, 5.41) is 5.89. The Bertz CT molecular complexity index is 750. The minimum absolute atomic E-state index is 0. The number of carbonyl (C=O) groups is 3. The summed E-state index contributed by atoms with van der Waals surface area (Å²) >= 11 is 6.02. The van der Waals surface area contributed by atoms with Gasteiger partial charge in [0.1, 0.15) is 12.5 Å². The first-order valence-electron chi connectivity index (χ1n) is 10.1. The Balaban J connectivity index is 0.00000450. The summed E-state index contributed by atoms with van der Waals surface area (Å²) in [6.45, 7) is 9.36. The number of rotatable bonds is 6. The summed E-state index contributed by atoms with van der Waals surface area (Å²) < 4.78 is 0. The molecule has 1 unspecified atom stereocenters. The third-order valence-corrected chi connectivity index (χ3v) is 5.91. The molecule has 0 radical (unpaired) electrons. The molecule has 0 spiro atoms. The number of halogens is 1. The molecule has 1 heterocycles. The van der Waals surface area contributed by atoms with Crippen molar-refractivity contribution in [3.05, 3.63) is 34.9 Å². The molecule has 7 nitrogen and oxygen atoms in total. The van der Waals surface area contributed by atoms with E-state index in [0.29, 0.717) is 24.0 Å². The van der Waals surface area contributed by atoms with Crippen molar-refractivity contribution in [1.82, 2.24) is 15.5 Å². The Hall–Kier alpha value is -2.12. The van der Waals surface area contributed by atoms with Crippen LogP contribution in [0.15, 0.2) is 24.3 Å². The van der Waals surface area contributed by atoms with Crippen molar-refractivity contribution in [1.29, 1.82) is 0 Å². The number of nitrogens with one attached hydrogen (secondary N) is 2. The van der Waals surface area contributed by atoms with Crippen LogP contribution in [0.4, 0.5) is 0 Å². The molecule has 176 valence electrons. The van der Waals surface area contributed by atoms with Gasteiger partial charge in [0, 0.05) is 25.2 Å². The molecule has 1 fully saturated rings. The van der Waals surface area contributed by atoms with Crippen molar-refractivity contribution in [3.8, 4) is 0 Å². The smallest absolute Gasteiger partial charge is 0.245 e. The molecule has 1 aromatic carbocycles. The highest BCUT2D eigenvalue weighted by Gasteiger charge is 2.40. The van der Waals surface area contributed by atoms with Crippen LogP contribution in [0.25, 0.3) is 0 Å². The van der Waals surface area contributed by atoms with E-state index in [2.05, 4.69) is 36.6 Å². The van der Waals surface area contributed by atoms with E-state index in [0.717, 1.165) is 6.42 Å². The SMILES string of the molecule is C.CNC(=O)CC(=O)N[C@@H](C(=O)N1CCC(c2ccc(Cl)cc2)C(C)(C)C1)C(C)C.O. The van der Waals surface area contributed by atoms with E-state index >= 15 is 0 Å². The second kappa shape index (κ2) is 12.1. The fourth-order valence-electron chi connectivity index (χ4n) is 4.03. The zero-order valence-electron chi connectivity index (χ0n) is 18.4. The van der Waals surface area contributed by atoms with E-state index < -0.39 is 11.9 Å². The zero-order chi connectivity index (χ0) is 21.8. The highest BCUT2D eigenvalue weighted by Crippen LogP contribution is 2.42. The molecule has 2 atom stereocenters. The van der Waals surface area contributed by atoms with Gasteiger partial charge in [-0.25, -0.2) is 0 Å². The summed E-state index contributed by atoms with van der Waals surface area (Å²) in [4.78, 5) is 38.6. The number of hydrogen-bond donors (Lipinski definition) is 2. The van der Waals surface area contributed by atoms with Gasteiger partial charge in [0.05, 0.1) is 0 Å². The minimum atomic E-state index is -0.643. The molecule has 1 aliphatic rings. The molecule has 31 heavy (non-hydrogen) atoms. The second-order valence-electron chi connectivity index (χ2n) is 8.78. The summed E-state index contributed by atoms with van der Waals surface area (Å²) in [6.07, 6.45) is 0.564. The third kappa shape index (κ3) is 7.51. The van der Waals surface area contributed by atoms with Crippen molar-refractivity contribution in [2.24, 2.45) is 11.3 Å². The van der Waals surface area contributed by atoms with E-state index in [4.69, 9.17) is 11.6 Å². The average molecular weight is 456 g/mol. The normalized spacial score (nSPS) is 18.3. The van der Waals surface area contributed by atoms with Gasteiger partial charge in [-0.15, -0.1) is 0 Å². The lowest BCUT2D eigenvalue weighted by molar-refractivity contribution is -0.141. The first-order chi connectivity index (χ1) is 13.5. The molecular formula is C23H38ClN3O4. The fraction of sp³-hybridized carbons (Fsp3) is 0.609. The van der Waals surface area contributed by atoms with Gasteiger partial charge in [-0.1, -0.05) is 58.9 Å². The number of benzene rings is 1. The van der Waals surface area contributed by atoms with E-state index in [1.54, 1.807) is 0 Å². The predicted octanol–water partition coefficient (Wildman–Crippen LogP) is 2.77. The van der Waals surface area contributed by atoms with Crippen molar-refractivity contribution in [2.75, 3.05) is 20.1 Å². The molecule has 0 aromatic heterocycles. The molecule has 1 aliphatic heterocycles. The average Bonchev–Trinajstić information content (AvgIpc) is 2.65. The van der Waals surface area contributed by atoms with Crippen LogP contribution < -0.4 is 10.6 Å². The Labute approximate surface area is 191 Å². The number of likely N-dealkylation sites (tertiary alicyclic amines) is 1. The van der Waals surface area contributed by atoms with Gasteiger partial charge >= 0.3 is 0 Å². The first kappa shape index (κ1) is 28.9. The fourth-order valence-corrected chi connectivity index (χ4v) is 4.15. The topological polar surface area (TPSA) is 110 Å². The highest BCUT2D eigenvalue weighted by atomic mass is 35.5. The van der Waals surface area contributed by atoms with Gasteiger partial charge < -0.3 is 21.0 Å². The van der Waals surface area contributed by atoms with Gasteiger partial charge in [0.2, 0.25) is 17.7 Å². The maximum absolute atomic E-state index is 13.2. The van der Waals surface area contributed by atoms with E-state index in [-0.39, 0.29) is 42.5 Å². The lowest BCUT2D eigenvalue weighted by Gasteiger charge is -2.45. The van der Waals surface area contributed by atoms with Crippen LogP contribution in [0.3, 0.4) is 0 Å². The number of nitrogens with zero attached hydrogens (tertiary/aromatic N) is 1. The van der Waals surface area contributed by atoms with Gasteiger partial charge in [0.25, 0.3) is 0 Å². The number of amides is 3. The van der Waals surface area contributed by atoms with Crippen LogP contribution >= 0.6 is 11.6 Å². The molecule has 0 saturated carbocycles. The van der Waals surface area contributed by atoms with Crippen LogP contribution in [0, 0.1) is 11.3 Å². The number of carbonyl (C=O) groups excluding carboxylic acids is 3. The molecule has 3 amide bonds. The monoisotopic (exact) mass is 455 g/mol. The van der Waals surface area contributed by atoms with E-state index in [9.17, 15) is 14.4 Å². The van der Waals surface area contributed by atoms with Gasteiger partial charge in [0.15, 0.2) is 0 Å². The standard InChI is InChI=1S/C22H32ClN3O3.CH4.H2O/c1-14(2)20(25-19(28)12-18(27)24-5)21(29)26-11-10-17(22(3,4)13-26)15-6-8-16(23)9-7-15;;/h6-9,14,17,20H,10-13H2,1-5H3,(H,24,27)(H,25,28);1H4;1H2/t17?,20-;;/m1../s1. The molecule has 8 heteroatoms. The summed E-state index contributed by atoms with van der Waals surface area (Å²) in [7, 11) is 1.48. The van der Waals surface area contributed by atoms with Gasteiger partial charge in [-0.2, -0.15) is 0 Å². The molecular weight excluding hydrogens is 418 g/mol. The molecule has 4 N–H and O–H groups in total. The largest absolute Gasteiger partial charge is 0.412 e. The maximum Gasteiger partial charge on any atom is 0.245 e. The van der Waals surface area contributed by atoms with Gasteiger partial charge in [-0.3, -0.25) is 14.4 Å². The van der Waals surface area contributed by atoms with E-state index in [1.165, 1.54) is 12.6 Å². The van der Waals surface area contributed by atoms with Crippen LogP contribution in [0.2, 0.25) is 5.02 Å². The quantitative estimate of drug-likeness (QED) is 0.643. The second-order valence-corrected chi connectivity index (χ2v) is 9.22. The van der Waals surface area contributed by atoms with Gasteiger partial charge in [-0.05, 0) is 41.4 Å². The summed E-state index contributed by atoms with van der Waals surface area (Å²) in [5.41, 5.74) is 1.11. The number of hydrogen-bond acceptors (Lipinski definition) is 3. The predicted molar refractivity (Wildman–Crippen MR) is 125 cm³/mol. The maximum atomic E-state index is 13.2. The van der Waals surface area contributed by atoms with Crippen LogP contribution in [0.5, 0.6) is 0 Å². The first-order valence-corrected chi connectivity index (χ1v) is 10.5. The Kier molecular flexibility index (Phi) is 11.2. The summed E-state index contributed by atoms with van der Waals surface area (Å²) in [5.74, 6) is -0.653. The third-order valence-electron chi connectivity index (χ3n) is 5.66. The van der Waals surface area contributed by atoms with Crippen LogP contribution in [-0.2, 0) is 14.4 Å². The lowest BCUT2D eigenvalue weighted by Crippen LogP contribution is -2.56. The Morgan fingerprint density at radius 2 is 1.74 bits per heavy atom. The molecule has 2 rings (SSSR count). The zero-order valence-corrected chi connectivity index (χ0v) is 19.2. The van der Waals surface area contributed by atoms with Crippen LogP contribution in [0.1, 0.15) is 59.4 Å². The molecule has 1 saturated heterocycles. The molecule has 0 aliphatic carbocycles. The van der Waals surface area contributed by atoms with Crippen molar-refractivity contribution in [2.45, 2.75) is 59.9 Å². The highest BCUT2D eigenvalue weighted by molar-refractivity contribution is 6.30. The van der Waals surface area contributed by atoms with Crippen molar-refractivity contribution >= 4 is 29.3 Å². The van der Waals surface area contributed by atoms with Crippen LogP contribution in [-0.4, -0.2) is 54.3 Å². The lowest BCUT2D eigenvalue weighted by atomic mass is 9.70. The van der Waals surface area contributed by atoms with E-state index in [1.807, 2.05) is 30.9 Å². The Morgan fingerprint density at radius 1 is 1.16 bits per heavy atom. The molecule has 0 bridgehead atoms. The van der Waals surface area contributed by atoms with Crippen molar-refractivity contribution < 1.29 is 19.9 Å². The van der Waals surface area contributed by atoms with Crippen molar-refractivity contribution in [3.63, 3.8) is 0 Å². The summed E-state index contributed by atoms with van der Waals surface area (Å²) in [6, 6.07) is 7.28. The Morgan fingerprint density at radius 3 is 2.23 bits per heavy atom. The number of piperidine rings is 1.